The summed E-state index contributed by atoms with van der Waals surface area (Å²) in [6, 6.07) is 3.27. The van der Waals surface area contributed by atoms with E-state index in [1.807, 2.05) is 0 Å². The van der Waals surface area contributed by atoms with Gasteiger partial charge >= 0.3 is 12.2 Å². The maximum Gasteiger partial charge on any atom is 0.416 e. The second kappa shape index (κ2) is 6.27. The van der Waals surface area contributed by atoms with Crippen molar-refractivity contribution < 1.29 is 18.0 Å². The number of hydrogen-bond donors (Lipinski definition) is 4. The summed E-state index contributed by atoms with van der Waals surface area (Å²) in [6.07, 6.45) is -4.30. The maximum absolute atomic E-state index is 12.5. The number of benzene rings is 1. The molecule has 0 saturated heterocycles. The van der Waals surface area contributed by atoms with Gasteiger partial charge in [-0.15, -0.1) is 0 Å². The van der Waals surface area contributed by atoms with Gasteiger partial charge in [-0.3, -0.25) is 5.41 Å². The Balaban J connectivity index is 2.65. The minimum atomic E-state index is -4.46. The third-order valence-corrected chi connectivity index (χ3v) is 2.35. The number of carbonyl (C=O) groups excluding carboxylic acids is 1. The van der Waals surface area contributed by atoms with Crippen molar-refractivity contribution in [3.05, 3.63) is 29.8 Å². The SMILES string of the molecule is CC(CC(=N)N)NC(=O)Nc1cccc(C(F)(F)F)c1. The Morgan fingerprint density at radius 2 is 2.10 bits per heavy atom. The van der Waals surface area contributed by atoms with Crippen molar-refractivity contribution in [2.45, 2.75) is 25.6 Å². The summed E-state index contributed by atoms with van der Waals surface area (Å²) < 4.78 is 37.5. The molecule has 5 nitrogen and oxygen atoms in total. The van der Waals surface area contributed by atoms with Crippen LogP contribution in [0.3, 0.4) is 0 Å². The number of amides is 2. The van der Waals surface area contributed by atoms with Crippen LogP contribution in [-0.4, -0.2) is 17.9 Å². The number of rotatable bonds is 4. The van der Waals surface area contributed by atoms with Gasteiger partial charge in [0.2, 0.25) is 0 Å². The molecule has 0 heterocycles. The molecule has 1 aromatic rings. The molecule has 0 aliphatic carbocycles. The minimum Gasteiger partial charge on any atom is -0.388 e. The fraction of sp³-hybridized carbons (Fsp3) is 0.333. The molecule has 8 heteroatoms. The Bertz CT molecular complexity index is 502. The van der Waals surface area contributed by atoms with Crippen LogP contribution in [0.4, 0.5) is 23.7 Å². The van der Waals surface area contributed by atoms with Crippen LogP contribution in [0.2, 0.25) is 0 Å². The van der Waals surface area contributed by atoms with Gasteiger partial charge in [-0.1, -0.05) is 6.07 Å². The summed E-state index contributed by atoms with van der Waals surface area (Å²) in [5.41, 5.74) is 4.37. The van der Waals surface area contributed by atoms with Crippen molar-refractivity contribution in [1.82, 2.24) is 5.32 Å². The first-order valence-electron chi connectivity index (χ1n) is 5.76. The number of anilines is 1. The third-order valence-electron chi connectivity index (χ3n) is 2.35. The van der Waals surface area contributed by atoms with E-state index < -0.39 is 23.8 Å². The molecule has 110 valence electrons. The molecule has 0 radical (unpaired) electrons. The molecular formula is C12H15F3N4O. The van der Waals surface area contributed by atoms with Gasteiger partial charge in [-0.2, -0.15) is 13.2 Å². The summed E-state index contributed by atoms with van der Waals surface area (Å²) >= 11 is 0. The van der Waals surface area contributed by atoms with Gasteiger partial charge in [0, 0.05) is 18.2 Å². The molecule has 1 unspecified atom stereocenters. The van der Waals surface area contributed by atoms with E-state index in [0.717, 1.165) is 12.1 Å². The van der Waals surface area contributed by atoms with E-state index in [4.69, 9.17) is 11.1 Å². The third kappa shape index (κ3) is 5.17. The summed E-state index contributed by atoms with van der Waals surface area (Å²) in [4.78, 5) is 11.6. The topological polar surface area (TPSA) is 91.0 Å². The Labute approximate surface area is 113 Å². The standard InChI is InChI=1S/C12H15F3N4O/c1-7(5-10(16)17)18-11(20)19-9-4-2-3-8(6-9)12(13,14)15/h2-4,6-7H,5H2,1H3,(H3,16,17)(H2,18,19,20). The molecule has 2 amide bonds. The van der Waals surface area contributed by atoms with Crippen LogP contribution in [0.15, 0.2) is 24.3 Å². The van der Waals surface area contributed by atoms with Gasteiger partial charge in [0.05, 0.1) is 11.4 Å². The van der Waals surface area contributed by atoms with Crippen molar-refractivity contribution in [2.75, 3.05) is 5.32 Å². The fourth-order valence-corrected chi connectivity index (χ4v) is 1.55. The zero-order chi connectivity index (χ0) is 15.3. The molecule has 5 N–H and O–H groups in total. The summed E-state index contributed by atoms with van der Waals surface area (Å²) in [5, 5.41) is 11.8. The molecule has 1 rings (SSSR count). The highest BCUT2D eigenvalue weighted by Crippen LogP contribution is 2.30. The lowest BCUT2D eigenvalue weighted by Gasteiger charge is -2.14. The number of urea groups is 1. The molecule has 0 fully saturated rings. The Hall–Kier alpha value is -2.25. The van der Waals surface area contributed by atoms with Crippen LogP contribution in [0.5, 0.6) is 0 Å². The fourth-order valence-electron chi connectivity index (χ4n) is 1.55. The van der Waals surface area contributed by atoms with Gasteiger partial charge in [0.25, 0.3) is 0 Å². The number of alkyl halides is 3. The quantitative estimate of drug-likeness (QED) is 0.506. The Morgan fingerprint density at radius 1 is 1.45 bits per heavy atom. The number of halogens is 3. The molecule has 0 spiro atoms. The maximum atomic E-state index is 12.5. The predicted octanol–water partition coefficient (Wildman–Crippen LogP) is 2.54. The lowest BCUT2D eigenvalue weighted by molar-refractivity contribution is -0.137. The van der Waals surface area contributed by atoms with E-state index in [0.29, 0.717) is 0 Å². The summed E-state index contributed by atoms with van der Waals surface area (Å²) in [5.74, 6) is -0.0862. The number of amidine groups is 1. The van der Waals surface area contributed by atoms with E-state index in [1.54, 1.807) is 6.92 Å². The molecular weight excluding hydrogens is 273 g/mol. The Kier molecular flexibility index (Phi) is 4.95. The first kappa shape index (κ1) is 15.8. The lowest BCUT2D eigenvalue weighted by Crippen LogP contribution is -2.38. The zero-order valence-electron chi connectivity index (χ0n) is 10.7. The monoisotopic (exact) mass is 288 g/mol. The van der Waals surface area contributed by atoms with E-state index in [2.05, 4.69) is 10.6 Å². The van der Waals surface area contributed by atoms with Crippen molar-refractivity contribution in [3.63, 3.8) is 0 Å². The van der Waals surface area contributed by atoms with E-state index in [1.165, 1.54) is 12.1 Å². The molecule has 20 heavy (non-hydrogen) atoms. The normalized spacial score (nSPS) is 12.6. The average molecular weight is 288 g/mol. The van der Waals surface area contributed by atoms with Gasteiger partial charge in [0.1, 0.15) is 0 Å². The van der Waals surface area contributed by atoms with E-state index >= 15 is 0 Å². The first-order chi connectivity index (χ1) is 9.18. The highest BCUT2D eigenvalue weighted by molar-refractivity contribution is 5.90. The van der Waals surface area contributed by atoms with Crippen LogP contribution in [0, 0.1) is 5.41 Å². The molecule has 0 saturated carbocycles. The van der Waals surface area contributed by atoms with Gasteiger partial charge in [-0.25, -0.2) is 4.79 Å². The molecule has 0 aliphatic heterocycles. The average Bonchev–Trinajstić information content (AvgIpc) is 2.26. The summed E-state index contributed by atoms with van der Waals surface area (Å²) in [7, 11) is 0. The smallest absolute Gasteiger partial charge is 0.388 e. The van der Waals surface area contributed by atoms with Crippen LogP contribution >= 0.6 is 0 Å². The predicted molar refractivity (Wildman–Crippen MR) is 69.6 cm³/mol. The van der Waals surface area contributed by atoms with Crippen molar-refractivity contribution >= 4 is 17.6 Å². The van der Waals surface area contributed by atoms with Crippen LogP contribution in [0.1, 0.15) is 18.9 Å². The molecule has 0 bridgehead atoms. The summed E-state index contributed by atoms with van der Waals surface area (Å²) in [6.45, 7) is 1.63. The lowest BCUT2D eigenvalue weighted by atomic mass is 10.2. The highest BCUT2D eigenvalue weighted by Gasteiger charge is 2.30. The van der Waals surface area contributed by atoms with Crippen molar-refractivity contribution in [1.29, 1.82) is 5.41 Å². The van der Waals surface area contributed by atoms with Crippen molar-refractivity contribution in [2.24, 2.45) is 5.73 Å². The minimum absolute atomic E-state index is 0.0346. The van der Waals surface area contributed by atoms with Gasteiger partial charge < -0.3 is 16.4 Å². The second-order valence-corrected chi connectivity index (χ2v) is 4.31. The Morgan fingerprint density at radius 3 is 2.65 bits per heavy atom. The van der Waals surface area contributed by atoms with Crippen LogP contribution in [0.25, 0.3) is 0 Å². The van der Waals surface area contributed by atoms with Crippen molar-refractivity contribution in [3.8, 4) is 0 Å². The number of nitrogens with one attached hydrogen (secondary N) is 3. The van der Waals surface area contributed by atoms with Gasteiger partial charge in [-0.05, 0) is 25.1 Å². The number of nitrogens with two attached hydrogens (primary N) is 1. The number of carbonyl (C=O) groups is 1. The van der Waals surface area contributed by atoms with E-state index in [9.17, 15) is 18.0 Å². The largest absolute Gasteiger partial charge is 0.416 e. The zero-order valence-corrected chi connectivity index (χ0v) is 10.7. The van der Waals surface area contributed by atoms with Crippen LogP contribution < -0.4 is 16.4 Å². The highest BCUT2D eigenvalue weighted by atomic mass is 19.4. The van der Waals surface area contributed by atoms with E-state index in [-0.39, 0.29) is 17.9 Å². The molecule has 1 atom stereocenters. The second-order valence-electron chi connectivity index (χ2n) is 4.31. The molecule has 1 aromatic carbocycles. The first-order valence-corrected chi connectivity index (χ1v) is 5.76. The number of hydrogen-bond acceptors (Lipinski definition) is 2. The van der Waals surface area contributed by atoms with Crippen LogP contribution in [-0.2, 0) is 6.18 Å². The molecule has 0 aromatic heterocycles. The molecule has 0 aliphatic rings. The van der Waals surface area contributed by atoms with Gasteiger partial charge in [0.15, 0.2) is 0 Å².